The number of rotatable bonds is 4. The average molecular weight is 295 g/mol. The second-order valence-corrected chi connectivity index (χ2v) is 5.00. The SMILES string of the molecule is Nc1ncnc2c1ncn2C1O[C@H](CCCO)[C@@H](O)[C@@H]1O. The molecule has 1 aliphatic heterocycles. The first kappa shape index (κ1) is 14.1. The van der Waals surface area contributed by atoms with Gasteiger partial charge in [-0.15, -0.1) is 0 Å². The number of anilines is 1. The molecule has 3 heterocycles. The molecule has 5 N–H and O–H groups in total. The quantitative estimate of drug-likeness (QED) is 0.551. The number of aliphatic hydroxyl groups excluding tert-OH is 3. The Balaban J connectivity index is 1.90. The second kappa shape index (κ2) is 5.53. The smallest absolute Gasteiger partial charge is 0.167 e. The summed E-state index contributed by atoms with van der Waals surface area (Å²) in [5, 5.41) is 29.1. The van der Waals surface area contributed by atoms with Gasteiger partial charge in [-0.3, -0.25) is 4.57 Å². The fourth-order valence-electron chi connectivity index (χ4n) is 2.55. The van der Waals surface area contributed by atoms with Crippen LogP contribution in [0.2, 0.25) is 0 Å². The predicted octanol–water partition coefficient (Wildman–Crippen LogP) is -1.20. The zero-order chi connectivity index (χ0) is 15.0. The normalized spacial score (nSPS) is 29.3. The molecule has 2 aromatic heterocycles. The first-order chi connectivity index (χ1) is 10.1. The fraction of sp³-hybridized carbons (Fsp3) is 0.583. The van der Waals surface area contributed by atoms with Crippen LogP contribution in [-0.4, -0.2) is 59.8 Å². The van der Waals surface area contributed by atoms with Gasteiger partial charge in [0, 0.05) is 6.61 Å². The van der Waals surface area contributed by atoms with Gasteiger partial charge in [0.25, 0.3) is 0 Å². The van der Waals surface area contributed by atoms with Crippen LogP contribution in [0.1, 0.15) is 19.1 Å². The van der Waals surface area contributed by atoms with E-state index in [-0.39, 0.29) is 12.4 Å². The van der Waals surface area contributed by atoms with E-state index in [0.717, 1.165) is 0 Å². The zero-order valence-electron chi connectivity index (χ0n) is 11.2. The summed E-state index contributed by atoms with van der Waals surface area (Å²) in [6.07, 6.45) is 0.203. The summed E-state index contributed by atoms with van der Waals surface area (Å²) < 4.78 is 7.22. The van der Waals surface area contributed by atoms with Crippen molar-refractivity contribution in [1.29, 1.82) is 0 Å². The summed E-state index contributed by atoms with van der Waals surface area (Å²) >= 11 is 0. The van der Waals surface area contributed by atoms with Crippen LogP contribution in [0.4, 0.5) is 5.82 Å². The number of aliphatic hydroxyl groups is 3. The van der Waals surface area contributed by atoms with E-state index < -0.39 is 24.5 Å². The largest absolute Gasteiger partial charge is 0.396 e. The minimum Gasteiger partial charge on any atom is -0.396 e. The number of nitrogen functional groups attached to an aromatic ring is 1. The van der Waals surface area contributed by atoms with Crippen LogP contribution >= 0.6 is 0 Å². The Morgan fingerprint density at radius 2 is 2.05 bits per heavy atom. The third-order valence-electron chi connectivity index (χ3n) is 3.65. The molecule has 3 rings (SSSR count). The molecule has 9 nitrogen and oxygen atoms in total. The molecule has 0 saturated carbocycles. The van der Waals surface area contributed by atoms with E-state index >= 15 is 0 Å². The lowest BCUT2D eigenvalue weighted by Gasteiger charge is -2.16. The molecular weight excluding hydrogens is 278 g/mol. The minimum absolute atomic E-state index is 0.00507. The fourth-order valence-corrected chi connectivity index (χ4v) is 2.55. The van der Waals surface area contributed by atoms with Crippen LogP contribution in [0.15, 0.2) is 12.7 Å². The number of ether oxygens (including phenoxy) is 1. The molecule has 9 heteroatoms. The lowest BCUT2D eigenvalue weighted by atomic mass is 10.1. The Labute approximate surface area is 120 Å². The van der Waals surface area contributed by atoms with Gasteiger partial charge in [0.2, 0.25) is 0 Å². The number of nitrogens with two attached hydrogens (primary N) is 1. The molecule has 0 amide bonds. The molecule has 0 aromatic carbocycles. The highest BCUT2D eigenvalue weighted by molar-refractivity contribution is 5.81. The van der Waals surface area contributed by atoms with Crippen molar-refractivity contribution in [3.8, 4) is 0 Å². The molecule has 1 fully saturated rings. The van der Waals surface area contributed by atoms with Gasteiger partial charge in [-0.25, -0.2) is 15.0 Å². The van der Waals surface area contributed by atoms with Crippen molar-refractivity contribution < 1.29 is 20.1 Å². The molecule has 2 aromatic rings. The van der Waals surface area contributed by atoms with Crippen molar-refractivity contribution in [1.82, 2.24) is 19.5 Å². The van der Waals surface area contributed by atoms with Crippen LogP contribution < -0.4 is 5.73 Å². The van der Waals surface area contributed by atoms with Crippen molar-refractivity contribution in [2.24, 2.45) is 0 Å². The molecule has 114 valence electrons. The highest BCUT2D eigenvalue weighted by Gasteiger charge is 2.43. The zero-order valence-corrected chi connectivity index (χ0v) is 11.2. The van der Waals surface area contributed by atoms with E-state index in [4.69, 9.17) is 15.6 Å². The number of nitrogens with zero attached hydrogens (tertiary/aromatic N) is 4. The second-order valence-electron chi connectivity index (χ2n) is 5.00. The Bertz CT molecular complexity index is 633. The number of fused-ring (bicyclic) bond motifs is 1. The lowest BCUT2D eigenvalue weighted by molar-refractivity contribution is -0.0382. The monoisotopic (exact) mass is 295 g/mol. The van der Waals surface area contributed by atoms with E-state index in [1.54, 1.807) is 0 Å². The maximum atomic E-state index is 10.2. The van der Waals surface area contributed by atoms with E-state index in [1.165, 1.54) is 17.2 Å². The Hall–Kier alpha value is -1.81. The first-order valence-corrected chi connectivity index (χ1v) is 6.69. The van der Waals surface area contributed by atoms with Crippen molar-refractivity contribution in [2.75, 3.05) is 12.3 Å². The van der Waals surface area contributed by atoms with Gasteiger partial charge < -0.3 is 25.8 Å². The Kier molecular flexibility index (Phi) is 3.72. The molecule has 0 spiro atoms. The van der Waals surface area contributed by atoms with E-state index in [0.29, 0.717) is 24.0 Å². The van der Waals surface area contributed by atoms with Gasteiger partial charge in [-0.2, -0.15) is 0 Å². The summed E-state index contributed by atoms with van der Waals surface area (Å²) in [7, 11) is 0. The van der Waals surface area contributed by atoms with Gasteiger partial charge >= 0.3 is 0 Å². The molecule has 1 aliphatic rings. The summed E-state index contributed by atoms with van der Waals surface area (Å²) in [4.78, 5) is 12.0. The van der Waals surface area contributed by atoms with Gasteiger partial charge in [0.15, 0.2) is 17.7 Å². The van der Waals surface area contributed by atoms with Crippen LogP contribution in [0.25, 0.3) is 11.2 Å². The Morgan fingerprint density at radius 1 is 1.24 bits per heavy atom. The molecule has 0 bridgehead atoms. The summed E-state index contributed by atoms with van der Waals surface area (Å²) in [5.41, 5.74) is 6.57. The van der Waals surface area contributed by atoms with Crippen LogP contribution in [0.3, 0.4) is 0 Å². The molecule has 4 atom stereocenters. The molecule has 21 heavy (non-hydrogen) atoms. The number of imidazole rings is 1. The van der Waals surface area contributed by atoms with Gasteiger partial charge in [0.05, 0.1) is 12.4 Å². The predicted molar refractivity (Wildman–Crippen MR) is 72.0 cm³/mol. The molecule has 1 unspecified atom stereocenters. The van der Waals surface area contributed by atoms with Crippen molar-refractivity contribution in [3.05, 3.63) is 12.7 Å². The lowest BCUT2D eigenvalue weighted by Crippen LogP contribution is -2.31. The molecule has 0 radical (unpaired) electrons. The highest BCUT2D eigenvalue weighted by Crippen LogP contribution is 2.33. The van der Waals surface area contributed by atoms with Gasteiger partial charge in [-0.05, 0) is 12.8 Å². The highest BCUT2D eigenvalue weighted by atomic mass is 16.6. The third-order valence-corrected chi connectivity index (χ3v) is 3.65. The van der Waals surface area contributed by atoms with Crippen molar-refractivity contribution in [2.45, 2.75) is 37.4 Å². The number of hydrogen-bond donors (Lipinski definition) is 4. The molecular formula is C12H17N5O4. The molecule has 1 saturated heterocycles. The van der Waals surface area contributed by atoms with Crippen molar-refractivity contribution in [3.63, 3.8) is 0 Å². The summed E-state index contributed by atoms with van der Waals surface area (Å²) in [6.45, 7) is 0.00507. The Morgan fingerprint density at radius 3 is 2.81 bits per heavy atom. The number of hydrogen-bond acceptors (Lipinski definition) is 8. The van der Waals surface area contributed by atoms with E-state index in [9.17, 15) is 10.2 Å². The standard InChI is InChI=1S/C12H17N5O4/c13-10-7-11(15-4-14-10)17(5-16-7)12-9(20)8(19)6(21-12)2-1-3-18/h4-6,8-9,12,18-20H,1-3H2,(H2,13,14,15)/t6-,8-,9+,12?/m1/s1. The van der Waals surface area contributed by atoms with Crippen molar-refractivity contribution >= 4 is 17.0 Å². The third kappa shape index (κ3) is 2.33. The maximum Gasteiger partial charge on any atom is 0.167 e. The summed E-state index contributed by atoms with van der Waals surface area (Å²) in [6, 6.07) is 0. The molecule has 0 aliphatic carbocycles. The summed E-state index contributed by atoms with van der Waals surface area (Å²) in [5.74, 6) is 0.239. The van der Waals surface area contributed by atoms with Crippen LogP contribution in [-0.2, 0) is 4.74 Å². The van der Waals surface area contributed by atoms with E-state index in [2.05, 4.69) is 15.0 Å². The van der Waals surface area contributed by atoms with Gasteiger partial charge in [-0.1, -0.05) is 0 Å². The topological polar surface area (TPSA) is 140 Å². The number of aromatic nitrogens is 4. The van der Waals surface area contributed by atoms with E-state index in [1.807, 2.05) is 0 Å². The minimum atomic E-state index is -1.11. The van der Waals surface area contributed by atoms with Crippen LogP contribution in [0.5, 0.6) is 0 Å². The first-order valence-electron chi connectivity index (χ1n) is 6.69. The maximum absolute atomic E-state index is 10.2. The van der Waals surface area contributed by atoms with Crippen LogP contribution in [0, 0.1) is 0 Å². The van der Waals surface area contributed by atoms with Gasteiger partial charge in [0.1, 0.15) is 24.1 Å². The average Bonchev–Trinajstić information content (AvgIpc) is 3.02.